The van der Waals surface area contributed by atoms with Crippen LogP contribution in [0.15, 0.2) is 36.4 Å². The lowest BCUT2D eigenvalue weighted by molar-refractivity contribution is -0.162. The van der Waals surface area contributed by atoms with Gasteiger partial charge in [0.15, 0.2) is 0 Å². The predicted octanol–water partition coefficient (Wildman–Crippen LogP) is 6.29. The molecule has 1 saturated heterocycles. The normalized spacial score (nSPS) is 22.9. The zero-order valence-corrected chi connectivity index (χ0v) is 19.2. The molecule has 32 heavy (non-hydrogen) atoms. The van der Waals surface area contributed by atoms with Gasteiger partial charge in [-0.15, -0.1) is 0 Å². The van der Waals surface area contributed by atoms with Crippen LogP contribution in [-0.2, 0) is 9.53 Å². The van der Waals surface area contributed by atoms with Crippen LogP contribution in [0.2, 0.25) is 10.0 Å². The average molecular weight is 481 g/mol. The van der Waals surface area contributed by atoms with Crippen molar-refractivity contribution in [2.24, 2.45) is 5.92 Å². The summed E-state index contributed by atoms with van der Waals surface area (Å²) in [6, 6.07) is 10.1. The van der Waals surface area contributed by atoms with Crippen molar-refractivity contribution in [2.45, 2.75) is 63.1 Å². The molecular formula is C25H27Cl2FO4. The summed E-state index contributed by atoms with van der Waals surface area (Å²) in [6.45, 7) is 0.0813. The smallest absolute Gasteiger partial charge is 0.308 e. The fourth-order valence-electron chi connectivity index (χ4n) is 4.95. The van der Waals surface area contributed by atoms with E-state index in [0.717, 1.165) is 36.8 Å². The molecule has 3 atom stereocenters. The van der Waals surface area contributed by atoms with E-state index in [4.69, 9.17) is 32.7 Å². The highest BCUT2D eigenvalue weighted by atomic mass is 35.5. The predicted molar refractivity (Wildman–Crippen MR) is 122 cm³/mol. The number of carbonyl (C=O) groups excluding carboxylic acids is 1. The van der Waals surface area contributed by atoms with Crippen molar-refractivity contribution in [3.05, 3.63) is 63.4 Å². The monoisotopic (exact) mass is 480 g/mol. The van der Waals surface area contributed by atoms with Crippen LogP contribution in [0.3, 0.4) is 0 Å². The molecule has 1 saturated carbocycles. The average Bonchev–Trinajstić information content (AvgIpc) is 2.75. The van der Waals surface area contributed by atoms with Crippen LogP contribution in [0.5, 0.6) is 5.75 Å². The van der Waals surface area contributed by atoms with Crippen LogP contribution in [0.1, 0.15) is 62.0 Å². The van der Waals surface area contributed by atoms with Crippen LogP contribution in [0.25, 0.3) is 0 Å². The van der Waals surface area contributed by atoms with E-state index in [2.05, 4.69) is 0 Å². The van der Waals surface area contributed by atoms with Gasteiger partial charge in [0, 0.05) is 22.9 Å². The van der Waals surface area contributed by atoms with Gasteiger partial charge < -0.3 is 14.6 Å². The van der Waals surface area contributed by atoms with Gasteiger partial charge in [-0.05, 0) is 48.6 Å². The lowest BCUT2D eigenvalue weighted by Crippen LogP contribution is -2.36. The number of hydrogen-bond acceptors (Lipinski definition) is 4. The molecule has 2 aromatic carbocycles. The Bertz CT molecular complexity index is 944. The van der Waals surface area contributed by atoms with E-state index in [0.29, 0.717) is 28.1 Å². The largest absolute Gasteiger partial charge is 0.488 e. The van der Waals surface area contributed by atoms with Gasteiger partial charge in [0.05, 0.1) is 17.5 Å². The number of rotatable bonds is 6. The van der Waals surface area contributed by atoms with Crippen molar-refractivity contribution in [3.8, 4) is 5.75 Å². The van der Waals surface area contributed by atoms with E-state index >= 15 is 0 Å². The van der Waals surface area contributed by atoms with E-state index < -0.39 is 18.2 Å². The topological polar surface area (TPSA) is 55.8 Å². The first kappa shape index (κ1) is 23.3. The molecule has 172 valence electrons. The first-order valence-electron chi connectivity index (χ1n) is 11.2. The SMILES string of the molecule is O=C1CC(O)CC(COc2c(Cl)cc(Cl)cc2[C@H](c2ccc(F)cc2)C2CCCCC2)O1. The quantitative estimate of drug-likeness (QED) is 0.493. The maximum atomic E-state index is 13.7. The number of ether oxygens (including phenoxy) is 2. The van der Waals surface area contributed by atoms with Crippen molar-refractivity contribution in [1.29, 1.82) is 0 Å². The standard InChI is InChI=1S/C25H27Cl2FO4/c26-17-10-21(24(15-4-2-1-3-5-15)16-6-8-18(28)9-7-16)25(22(27)11-17)31-14-20-12-19(29)13-23(30)32-20/h6-11,15,19-20,24,29H,1-5,12-14H2/t19?,20?,24-/m0/s1. The minimum absolute atomic E-state index is 0.00221. The maximum Gasteiger partial charge on any atom is 0.308 e. The van der Waals surface area contributed by atoms with Crippen molar-refractivity contribution in [3.63, 3.8) is 0 Å². The molecule has 2 aliphatic rings. The molecule has 0 bridgehead atoms. The second-order valence-corrected chi connectivity index (χ2v) is 9.59. The number of aliphatic hydroxyl groups is 1. The fraction of sp³-hybridized carbons (Fsp3) is 0.480. The molecule has 0 amide bonds. The Kier molecular flexibility index (Phi) is 7.59. The molecule has 1 aliphatic carbocycles. The zero-order chi connectivity index (χ0) is 22.7. The first-order valence-corrected chi connectivity index (χ1v) is 11.9. The molecule has 1 N–H and O–H groups in total. The van der Waals surface area contributed by atoms with Gasteiger partial charge in [-0.2, -0.15) is 0 Å². The second-order valence-electron chi connectivity index (χ2n) is 8.75. The summed E-state index contributed by atoms with van der Waals surface area (Å²) >= 11 is 13.0. The lowest BCUT2D eigenvalue weighted by Gasteiger charge is -2.33. The van der Waals surface area contributed by atoms with Crippen LogP contribution < -0.4 is 4.74 Å². The molecule has 4 nitrogen and oxygen atoms in total. The molecule has 2 aromatic rings. The van der Waals surface area contributed by atoms with Gasteiger partial charge in [0.1, 0.15) is 24.3 Å². The number of halogens is 3. The minimum Gasteiger partial charge on any atom is -0.488 e. The summed E-state index contributed by atoms with van der Waals surface area (Å²) < 4.78 is 25.1. The number of hydrogen-bond donors (Lipinski definition) is 1. The number of benzene rings is 2. The Hall–Kier alpha value is -1.82. The summed E-state index contributed by atoms with van der Waals surface area (Å²) in [4.78, 5) is 11.7. The van der Waals surface area contributed by atoms with Gasteiger partial charge in [-0.1, -0.05) is 54.6 Å². The molecule has 0 spiro atoms. The van der Waals surface area contributed by atoms with Gasteiger partial charge in [0.25, 0.3) is 0 Å². The molecule has 1 heterocycles. The molecule has 1 aliphatic heterocycles. The highest BCUT2D eigenvalue weighted by Gasteiger charge is 2.32. The van der Waals surface area contributed by atoms with Crippen LogP contribution >= 0.6 is 23.2 Å². The summed E-state index contributed by atoms with van der Waals surface area (Å²) in [5.74, 6) is 0.0645. The van der Waals surface area contributed by atoms with E-state index in [1.165, 1.54) is 18.6 Å². The summed E-state index contributed by atoms with van der Waals surface area (Å²) in [5, 5.41) is 10.8. The molecule has 2 fully saturated rings. The Morgan fingerprint density at radius 2 is 1.84 bits per heavy atom. The van der Waals surface area contributed by atoms with Crippen molar-refractivity contribution in [1.82, 2.24) is 0 Å². The van der Waals surface area contributed by atoms with Crippen molar-refractivity contribution >= 4 is 29.2 Å². The van der Waals surface area contributed by atoms with E-state index in [-0.39, 0.29) is 24.8 Å². The van der Waals surface area contributed by atoms with Gasteiger partial charge in [-0.25, -0.2) is 4.39 Å². The lowest BCUT2D eigenvalue weighted by atomic mass is 9.73. The maximum absolute atomic E-state index is 13.7. The highest BCUT2D eigenvalue weighted by molar-refractivity contribution is 6.35. The molecule has 4 rings (SSSR count). The molecule has 7 heteroatoms. The Labute approximate surface area is 197 Å². The molecular weight excluding hydrogens is 454 g/mol. The minimum atomic E-state index is -0.737. The van der Waals surface area contributed by atoms with E-state index in [1.807, 2.05) is 18.2 Å². The summed E-state index contributed by atoms with van der Waals surface area (Å²) in [6.07, 6.45) is 4.63. The highest BCUT2D eigenvalue weighted by Crippen LogP contribution is 2.46. The summed E-state index contributed by atoms with van der Waals surface area (Å²) in [7, 11) is 0. The van der Waals surface area contributed by atoms with Crippen LogP contribution in [0, 0.1) is 11.7 Å². The molecule has 0 radical (unpaired) electrons. The number of aliphatic hydroxyl groups excluding tert-OH is 1. The number of carbonyl (C=O) groups is 1. The van der Waals surface area contributed by atoms with Gasteiger partial charge in [-0.3, -0.25) is 4.79 Å². The number of cyclic esters (lactones) is 1. The van der Waals surface area contributed by atoms with Crippen molar-refractivity contribution < 1.29 is 23.8 Å². The Balaban J connectivity index is 1.68. The van der Waals surface area contributed by atoms with Crippen LogP contribution in [0.4, 0.5) is 4.39 Å². The zero-order valence-electron chi connectivity index (χ0n) is 17.7. The third kappa shape index (κ3) is 5.56. The third-order valence-corrected chi connectivity index (χ3v) is 6.87. The van der Waals surface area contributed by atoms with Crippen LogP contribution in [-0.4, -0.2) is 29.9 Å². The Morgan fingerprint density at radius 1 is 1.12 bits per heavy atom. The Morgan fingerprint density at radius 3 is 2.53 bits per heavy atom. The number of esters is 1. The fourth-order valence-corrected chi connectivity index (χ4v) is 5.51. The van der Waals surface area contributed by atoms with Crippen molar-refractivity contribution in [2.75, 3.05) is 6.61 Å². The van der Waals surface area contributed by atoms with E-state index in [1.54, 1.807) is 6.07 Å². The van der Waals surface area contributed by atoms with Gasteiger partial charge >= 0.3 is 5.97 Å². The third-order valence-electron chi connectivity index (χ3n) is 6.37. The summed E-state index contributed by atoms with van der Waals surface area (Å²) in [5.41, 5.74) is 1.84. The molecule has 2 unspecified atom stereocenters. The second kappa shape index (κ2) is 10.4. The van der Waals surface area contributed by atoms with E-state index in [9.17, 15) is 14.3 Å². The van der Waals surface area contributed by atoms with Gasteiger partial charge in [0.2, 0.25) is 0 Å². The molecule has 0 aromatic heterocycles. The first-order chi connectivity index (χ1) is 15.4.